The summed E-state index contributed by atoms with van der Waals surface area (Å²) in [6.45, 7) is 1.25. The molecule has 23 heavy (non-hydrogen) atoms. The second-order valence-corrected chi connectivity index (χ2v) is 9.06. The standard InChI is InChI=1S/C17H24N2O2S.ClH/c18-17-8-6-14-10-19(11-16(14)17)22(20,21)15-7-5-12-3-1-2-4-13(12)9-15;/h5,7,9,14,16-17H,1-4,6,8,10-11,18H2;1H. The molecule has 1 saturated carbocycles. The molecule has 1 aliphatic heterocycles. The quantitative estimate of drug-likeness (QED) is 0.884. The number of nitrogens with two attached hydrogens (primary N) is 1. The summed E-state index contributed by atoms with van der Waals surface area (Å²) in [5.41, 5.74) is 8.68. The Morgan fingerprint density at radius 2 is 1.78 bits per heavy atom. The minimum atomic E-state index is -3.36. The number of aryl methyl sites for hydroxylation is 2. The van der Waals surface area contributed by atoms with E-state index in [0.29, 0.717) is 29.8 Å². The second-order valence-electron chi connectivity index (χ2n) is 7.12. The van der Waals surface area contributed by atoms with Crippen molar-refractivity contribution in [3.05, 3.63) is 29.3 Å². The van der Waals surface area contributed by atoms with E-state index in [-0.39, 0.29) is 18.4 Å². The molecule has 4 nitrogen and oxygen atoms in total. The third-order valence-electron chi connectivity index (χ3n) is 5.84. The molecule has 1 heterocycles. The number of hydrogen-bond acceptors (Lipinski definition) is 3. The third kappa shape index (κ3) is 2.93. The van der Waals surface area contributed by atoms with Crippen LogP contribution in [0.4, 0.5) is 0 Å². The average molecular weight is 357 g/mol. The van der Waals surface area contributed by atoms with Crippen LogP contribution >= 0.6 is 12.4 Å². The number of rotatable bonds is 2. The molecule has 1 aromatic rings. The van der Waals surface area contributed by atoms with Crippen LogP contribution in [0.25, 0.3) is 0 Å². The van der Waals surface area contributed by atoms with Crippen LogP contribution in [0.1, 0.15) is 36.8 Å². The highest BCUT2D eigenvalue weighted by Gasteiger charge is 2.45. The molecule has 1 saturated heterocycles. The van der Waals surface area contributed by atoms with Crippen LogP contribution < -0.4 is 5.73 Å². The van der Waals surface area contributed by atoms with E-state index < -0.39 is 10.0 Å². The van der Waals surface area contributed by atoms with Crippen molar-refractivity contribution in [3.8, 4) is 0 Å². The molecule has 3 atom stereocenters. The fourth-order valence-corrected chi connectivity index (χ4v) is 6.07. The SMILES string of the molecule is Cl.NC1CCC2CN(S(=O)(=O)c3ccc4c(c3)CCCC4)CC12. The summed E-state index contributed by atoms with van der Waals surface area (Å²) in [7, 11) is -3.36. The molecule has 4 rings (SSSR count). The molecule has 0 aromatic heterocycles. The molecule has 0 spiro atoms. The zero-order valence-corrected chi connectivity index (χ0v) is 14.9. The molecule has 0 amide bonds. The number of fused-ring (bicyclic) bond motifs is 2. The van der Waals surface area contributed by atoms with Gasteiger partial charge in [-0.1, -0.05) is 6.07 Å². The highest BCUT2D eigenvalue weighted by atomic mass is 35.5. The Hall–Kier alpha value is -0.620. The maximum absolute atomic E-state index is 12.9. The molecular weight excluding hydrogens is 332 g/mol. The zero-order valence-electron chi connectivity index (χ0n) is 13.3. The summed E-state index contributed by atoms with van der Waals surface area (Å²) >= 11 is 0. The molecule has 2 aliphatic carbocycles. The van der Waals surface area contributed by atoms with Crippen molar-refractivity contribution in [3.63, 3.8) is 0 Å². The van der Waals surface area contributed by atoms with Gasteiger partial charge in [0.15, 0.2) is 0 Å². The van der Waals surface area contributed by atoms with Crippen molar-refractivity contribution in [2.24, 2.45) is 17.6 Å². The summed E-state index contributed by atoms with van der Waals surface area (Å²) < 4.78 is 27.6. The Kier molecular flexibility index (Phi) is 4.76. The number of halogens is 1. The van der Waals surface area contributed by atoms with Crippen LogP contribution in [0.2, 0.25) is 0 Å². The van der Waals surface area contributed by atoms with E-state index in [1.54, 1.807) is 10.4 Å². The minimum absolute atomic E-state index is 0. The van der Waals surface area contributed by atoms with Crippen molar-refractivity contribution in [1.82, 2.24) is 4.31 Å². The van der Waals surface area contributed by atoms with Gasteiger partial charge in [-0.15, -0.1) is 12.4 Å². The first kappa shape index (κ1) is 17.2. The molecule has 0 radical (unpaired) electrons. The smallest absolute Gasteiger partial charge is 0.243 e. The van der Waals surface area contributed by atoms with Crippen LogP contribution in [0.15, 0.2) is 23.1 Å². The van der Waals surface area contributed by atoms with Crippen LogP contribution in [0, 0.1) is 11.8 Å². The Morgan fingerprint density at radius 3 is 2.52 bits per heavy atom. The van der Waals surface area contributed by atoms with Crippen LogP contribution in [-0.2, 0) is 22.9 Å². The Labute approximate surface area is 144 Å². The van der Waals surface area contributed by atoms with Gasteiger partial charge in [0.2, 0.25) is 10.0 Å². The van der Waals surface area contributed by atoms with Crippen LogP contribution in [0.3, 0.4) is 0 Å². The highest BCUT2D eigenvalue weighted by molar-refractivity contribution is 7.89. The fourth-order valence-electron chi connectivity index (χ4n) is 4.48. The lowest BCUT2D eigenvalue weighted by molar-refractivity contribution is 0.427. The van der Waals surface area contributed by atoms with Gasteiger partial charge in [-0.3, -0.25) is 0 Å². The van der Waals surface area contributed by atoms with E-state index in [0.717, 1.165) is 25.7 Å². The van der Waals surface area contributed by atoms with Gasteiger partial charge in [0.25, 0.3) is 0 Å². The van der Waals surface area contributed by atoms with Gasteiger partial charge < -0.3 is 5.73 Å². The van der Waals surface area contributed by atoms with E-state index in [2.05, 4.69) is 0 Å². The van der Waals surface area contributed by atoms with Gasteiger partial charge >= 0.3 is 0 Å². The fraction of sp³-hybridized carbons (Fsp3) is 0.647. The normalized spacial score (nSPS) is 30.6. The van der Waals surface area contributed by atoms with E-state index in [9.17, 15) is 8.42 Å². The number of nitrogens with zero attached hydrogens (tertiary/aromatic N) is 1. The number of hydrogen-bond donors (Lipinski definition) is 1. The molecule has 0 bridgehead atoms. The Balaban J connectivity index is 0.00000156. The predicted molar refractivity (Wildman–Crippen MR) is 93.3 cm³/mol. The predicted octanol–water partition coefficient (Wildman–Crippen LogP) is 2.35. The van der Waals surface area contributed by atoms with Gasteiger partial charge in [-0.2, -0.15) is 4.31 Å². The molecule has 6 heteroatoms. The maximum Gasteiger partial charge on any atom is 0.243 e. The highest BCUT2D eigenvalue weighted by Crippen LogP contribution is 2.39. The zero-order chi connectivity index (χ0) is 15.3. The lowest BCUT2D eigenvalue weighted by atomic mass is 9.92. The molecule has 3 aliphatic rings. The van der Waals surface area contributed by atoms with Gasteiger partial charge in [-0.05, 0) is 73.6 Å². The molecule has 3 unspecified atom stereocenters. The van der Waals surface area contributed by atoms with E-state index in [1.807, 2.05) is 12.1 Å². The Morgan fingerprint density at radius 1 is 1.04 bits per heavy atom. The molecule has 1 aromatic carbocycles. The van der Waals surface area contributed by atoms with Crippen molar-refractivity contribution in [2.75, 3.05) is 13.1 Å². The molecular formula is C17H25ClN2O2S. The van der Waals surface area contributed by atoms with Gasteiger partial charge in [0.05, 0.1) is 4.90 Å². The van der Waals surface area contributed by atoms with Gasteiger partial charge in [-0.25, -0.2) is 8.42 Å². The lowest BCUT2D eigenvalue weighted by Crippen LogP contribution is -2.33. The van der Waals surface area contributed by atoms with E-state index in [4.69, 9.17) is 5.73 Å². The summed E-state index contributed by atoms with van der Waals surface area (Å²) in [6, 6.07) is 5.91. The third-order valence-corrected chi connectivity index (χ3v) is 7.66. The van der Waals surface area contributed by atoms with E-state index in [1.165, 1.54) is 24.0 Å². The first-order chi connectivity index (χ1) is 10.6. The lowest BCUT2D eigenvalue weighted by Gasteiger charge is -2.21. The number of sulfonamides is 1. The largest absolute Gasteiger partial charge is 0.327 e. The molecule has 2 N–H and O–H groups in total. The summed E-state index contributed by atoms with van der Waals surface area (Å²) in [6.07, 6.45) is 6.59. The first-order valence-corrected chi connectivity index (χ1v) is 9.87. The second kappa shape index (κ2) is 6.36. The summed E-state index contributed by atoms with van der Waals surface area (Å²) in [5, 5.41) is 0. The van der Waals surface area contributed by atoms with Crippen molar-refractivity contribution >= 4 is 22.4 Å². The average Bonchev–Trinajstić information content (AvgIpc) is 3.10. The van der Waals surface area contributed by atoms with Crippen molar-refractivity contribution in [2.45, 2.75) is 49.5 Å². The first-order valence-electron chi connectivity index (χ1n) is 8.43. The van der Waals surface area contributed by atoms with Crippen molar-refractivity contribution < 1.29 is 8.42 Å². The van der Waals surface area contributed by atoms with Gasteiger partial charge in [0.1, 0.15) is 0 Å². The van der Waals surface area contributed by atoms with Crippen molar-refractivity contribution in [1.29, 1.82) is 0 Å². The molecule has 2 fully saturated rings. The maximum atomic E-state index is 12.9. The van der Waals surface area contributed by atoms with E-state index >= 15 is 0 Å². The minimum Gasteiger partial charge on any atom is -0.327 e. The topological polar surface area (TPSA) is 63.4 Å². The van der Waals surface area contributed by atoms with Crippen LogP contribution in [0.5, 0.6) is 0 Å². The number of benzene rings is 1. The molecule has 128 valence electrons. The monoisotopic (exact) mass is 356 g/mol. The van der Waals surface area contributed by atoms with Crippen LogP contribution in [-0.4, -0.2) is 31.9 Å². The Bertz CT molecular complexity index is 692. The summed E-state index contributed by atoms with van der Waals surface area (Å²) in [4.78, 5) is 0.474. The summed E-state index contributed by atoms with van der Waals surface area (Å²) in [5.74, 6) is 0.815. The van der Waals surface area contributed by atoms with Gasteiger partial charge in [0, 0.05) is 19.1 Å².